The van der Waals surface area contributed by atoms with Crippen LogP contribution in [0.1, 0.15) is 32.6 Å². The van der Waals surface area contributed by atoms with Gasteiger partial charge in [-0.05, 0) is 26.3 Å². The molecule has 1 fully saturated rings. The molecule has 15 heavy (non-hydrogen) atoms. The van der Waals surface area contributed by atoms with E-state index in [9.17, 15) is 4.79 Å². The van der Waals surface area contributed by atoms with E-state index < -0.39 is 5.97 Å². The highest BCUT2D eigenvalue weighted by Gasteiger charge is 2.28. The summed E-state index contributed by atoms with van der Waals surface area (Å²) in [4.78, 5) is 13.1. The largest absolute Gasteiger partial charge is 0.480 e. The maximum absolute atomic E-state index is 11.1. The predicted molar refractivity (Wildman–Crippen MR) is 57.9 cm³/mol. The molecule has 1 rings (SSSR count). The number of rotatable bonds is 5. The van der Waals surface area contributed by atoms with Crippen molar-refractivity contribution in [3.8, 4) is 0 Å². The third-order valence-electron chi connectivity index (χ3n) is 3.11. The highest BCUT2D eigenvalue weighted by Crippen LogP contribution is 2.17. The fourth-order valence-electron chi connectivity index (χ4n) is 2.12. The van der Waals surface area contributed by atoms with Crippen molar-refractivity contribution in [2.24, 2.45) is 0 Å². The minimum absolute atomic E-state index is 0.335. The number of aliphatic carboxylic acids is 1. The van der Waals surface area contributed by atoms with Crippen LogP contribution in [0, 0.1) is 0 Å². The van der Waals surface area contributed by atoms with Crippen LogP contribution >= 0.6 is 0 Å². The van der Waals surface area contributed by atoms with E-state index in [0.29, 0.717) is 6.04 Å². The van der Waals surface area contributed by atoms with Crippen molar-refractivity contribution in [2.45, 2.75) is 44.7 Å². The van der Waals surface area contributed by atoms with Crippen LogP contribution < -0.4 is 0 Å². The van der Waals surface area contributed by atoms with Gasteiger partial charge in [0.2, 0.25) is 0 Å². The van der Waals surface area contributed by atoms with Gasteiger partial charge in [0.1, 0.15) is 6.04 Å². The lowest BCUT2D eigenvalue weighted by molar-refractivity contribution is -0.144. The summed E-state index contributed by atoms with van der Waals surface area (Å²) in [7, 11) is 1.92. The standard InChI is InChI=1S/C11H21NO3/c1-3-4-10(11(13)14)12(2)9-5-7-15-8-6-9/h9-10H,3-8H2,1-2H3,(H,13,14). The van der Waals surface area contributed by atoms with Gasteiger partial charge < -0.3 is 9.84 Å². The molecule has 1 heterocycles. The molecule has 4 heteroatoms. The van der Waals surface area contributed by atoms with Gasteiger partial charge in [-0.25, -0.2) is 0 Å². The van der Waals surface area contributed by atoms with Gasteiger partial charge >= 0.3 is 5.97 Å². The first kappa shape index (κ1) is 12.5. The molecule has 0 radical (unpaired) electrons. The Balaban J connectivity index is 2.53. The molecular weight excluding hydrogens is 194 g/mol. The van der Waals surface area contributed by atoms with Crippen LogP contribution in [0.15, 0.2) is 0 Å². The van der Waals surface area contributed by atoms with Gasteiger partial charge in [0, 0.05) is 19.3 Å². The molecule has 1 aliphatic heterocycles. The van der Waals surface area contributed by atoms with Gasteiger partial charge in [0.05, 0.1) is 0 Å². The Bertz CT molecular complexity index is 202. The average Bonchev–Trinajstić information content (AvgIpc) is 2.26. The quantitative estimate of drug-likeness (QED) is 0.752. The van der Waals surface area contributed by atoms with E-state index in [1.807, 2.05) is 18.9 Å². The van der Waals surface area contributed by atoms with Crippen molar-refractivity contribution >= 4 is 5.97 Å². The normalized spacial score (nSPS) is 20.5. The Morgan fingerprint density at radius 3 is 2.60 bits per heavy atom. The summed E-state index contributed by atoms with van der Waals surface area (Å²) in [6.07, 6.45) is 3.53. The fourth-order valence-corrected chi connectivity index (χ4v) is 2.12. The molecular formula is C11H21NO3. The number of ether oxygens (including phenoxy) is 1. The Morgan fingerprint density at radius 2 is 2.13 bits per heavy atom. The molecule has 0 aromatic heterocycles. The topological polar surface area (TPSA) is 49.8 Å². The summed E-state index contributed by atoms with van der Waals surface area (Å²) < 4.78 is 5.28. The molecule has 0 aliphatic carbocycles. The van der Waals surface area contributed by atoms with E-state index in [2.05, 4.69) is 0 Å². The molecule has 0 spiro atoms. The monoisotopic (exact) mass is 215 g/mol. The molecule has 88 valence electrons. The van der Waals surface area contributed by atoms with Crippen molar-refractivity contribution in [1.82, 2.24) is 4.90 Å². The summed E-state index contributed by atoms with van der Waals surface area (Å²) in [5, 5.41) is 9.13. The van der Waals surface area contributed by atoms with Gasteiger partial charge in [-0.15, -0.1) is 0 Å². The third kappa shape index (κ3) is 3.47. The SMILES string of the molecule is CCCC(C(=O)O)N(C)C1CCOCC1. The first-order valence-electron chi connectivity index (χ1n) is 5.69. The average molecular weight is 215 g/mol. The lowest BCUT2D eigenvalue weighted by Gasteiger charge is -2.35. The zero-order valence-electron chi connectivity index (χ0n) is 9.61. The van der Waals surface area contributed by atoms with E-state index >= 15 is 0 Å². The zero-order valence-corrected chi connectivity index (χ0v) is 9.61. The highest BCUT2D eigenvalue weighted by atomic mass is 16.5. The molecule has 0 aromatic carbocycles. The van der Waals surface area contributed by atoms with Crippen molar-refractivity contribution in [3.05, 3.63) is 0 Å². The number of likely N-dealkylation sites (N-methyl/N-ethyl adjacent to an activating group) is 1. The fraction of sp³-hybridized carbons (Fsp3) is 0.909. The number of hydrogen-bond acceptors (Lipinski definition) is 3. The maximum atomic E-state index is 11.1. The molecule has 1 N–H and O–H groups in total. The van der Waals surface area contributed by atoms with Crippen LogP contribution in [0.3, 0.4) is 0 Å². The smallest absolute Gasteiger partial charge is 0.320 e. The summed E-state index contributed by atoms with van der Waals surface area (Å²) in [6.45, 7) is 3.54. The summed E-state index contributed by atoms with van der Waals surface area (Å²) in [5.41, 5.74) is 0. The van der Waals surface area contributed by atoms with E-state index in [1.54, 1.807) is 0 Å². The van der Waals surface area contributed by atoms with Gasteiger partial charge in [-0.1, -0.05) is 13.3 Å². The van der Waals surface area contributed by atoms with Crippen LogP contribution in [0.4, 0.5) is 0 Å². The van der Waals surface area contributed by atoms with Gasteiger partial charge in [0.25, 0.3) is 0 Å². The zero-order chi connectivity index (χ0) is 11.3. The van der Waals surface area contributed by atoms with Gasteiger partial charge in [-0.3, -0.25) is 9.69 Å². The Kier molecular flexibility index (Phi) is 5.05. The predicted octanol–water partition coefficient (Wildman–Crippen LogP) is 1.35. The van der Waals surface area contributed by atoms with E-state index in [0.717, 1.165) is 38.9 Å². The Hall–Kier alpha value is -0.610. The number of carboxylic acid groups (broad SMARTS) is 1. The van der Waals surface area contributed by atoms with Crippen LogP contribution in [0.25, 0.3) is 0 Å². The van der Waals surface area contributed by atoms with Gasteiger partial charge in [0.15, 0.2) is 0 Å². The lowest BCUT2D eigenvalue weighted by Crippen LogP contribution is -2.46. The number of carboxylic acids is 1. The van der Waals surface area contributed by atoms with Crippen LogP contribution in [0.2, 0.25) is 0 Å². The highest BCUT2D eigenvalue weighted by molar-refractivity contribution is 5.73. The molecule has 0 bridgehead atoms. The molecule has 1 atom stereocenters. The molecule has 1 saturated heterocycles. The molecule has 0 aromatic rings. The van der Waals surface area contributed by atoms with Gasteiger partial charge in [-0.2, -0.15) is 0 Å². The number of hydrogen-bond donors (Lipinski definition) is 1. The minimum Gasteiger partial charge on any atom is -0.480 e. The van der Waals surface area contributed by atoms with Crippen molar-refractivity contribution in [2.75, 3.05) is 20.3 Å². The van der Waals surface area contributed by atoms with Crippen LogP contribution in [0.5, 0.6) is 0 Å². The van der Waals surface area contributed by atoms with Crippen molar-refractivity contribution in [1.29, 1.82) is 0 Å². The number of nitrogens with zero attached hydrogens (tertiary/aromatic N) is 1. The lowest BCUT2D eigenvalue weighted by atomic mass is 10.0. The molecule has 1 aliphatic rings. The van der Waals surface area contributed by atoms with Crippen molar-refractivity contribution < 1.29 is 14.6 Å². The van der Waals surface area contributed by atoms with Crippen molar-refractivity contribution in [3.63, 3.8) is 0 Å². The second-order valence-electron chi connectivity index (χ2n) is 4.15. The first-order valence-corrected chi connectivity index (χ1v) is 5.69. The number of carbonyl (C=O) groups is 1. The van der Waals surface area contributed by atoms with E-state index in [4.69, 9.17) is 9.84 Å². The van der Waals surface area contributed by atoms with Crippen LogP contribution in [-0.4, -0.2) is 48.3 Å². The minimum atomic E-state index is -0.703. The third-order valence-corrected chi connectivity index (χ3v) is 3.11. The molecule has 0 saturated carbocycles. The Labute approximate surface area is 91.2 Å². The summed E-state index contributed by atoms with van der Waals surface area (Å²) >= 11 is 0. The summed E-state index contributed by atoms with van der Waals surface area (Å²) in [6, 6.07) is 0.0319. The van der Waals surface area contributed by atoms with E-state index in [1.165, 1.54) is 0 Å². The summed E-state index contributed by atoms with van der Waals surface area (Å²) in [5.74, 6) is -0.703. The molecule has 4 nitrogen and oxygen atoms in total. The Morgan fingerprint density at radius 1 is 1.53 bits per heavy atom. The second kappa shape index (κ2) is 6.08. The molecule has 1 unspecified atom stereocenters. The maximum Gasteiger partial charge on any atom is 0.320 e. The molecule has 0 amide bonds. The van der Waals surface area contributed by atoms with E-state index in [-0.39, 0.29) is 6.04 Å². The van der Waals surface area contributed by atoms with Crippen LogP contribution in [-0.2, 0) is 9.53 Å². The first-order chi connectivity index (χ1) is 7.16. The second-order valence-corrected chi connectivity index (χ2v) is 4.15.